The molecular formula is C19H28N4O4. The van der Waals surface area contributed by atoms with Gasteiger partial charge in [-0.05, 0) is 12.8 Å². The third kappa shape index (κ3) is 5.29. The molecule has 8 nitrogen and oxygen atoms in total. The summed E-state index contributed by atoms with van der Waals surface area (Å²) in [5, 5.41) is 10.5. The Morgan fingerprint density at radius 1 is 1.11 bits per heavy atom. The molecule has 2 aromatic rings. The molecule has 8 heteroatoms. The fourth-order valence-electron chi connectivity index (χ4n) is 2.43. The van der Waals surface area contributed by atoms with Crippen LogP contribution < -0.4 is 24.8 Å². The summed E-state index contributed by atoms with van der Waals surface area (Å²) in [6.07, 6.45) is 0. The van der Waals surface area contributed by atoms with Crippen molar-refractivity contribution >= 4 is 11.6 Å². The summed E-state index contributed by atoms with van der Waals surface area (Å²) < 4.78 is 21.5. The third-order valence-corrected chi connectivity index (χ3v) is 3.83. The minimum absolute atomic E-state index is 0.317. The Hall–Kier alpha value is -2.90. The maximum Gasteiger partial charge on any atom is 0.203 e. The molecule has 0 aliphatic rings. The first kappa shape index (κ1) is 20.4. The van der Waals surface area contributed by atoms with E-state index < -0.39 is 0 Å². The maximum atomic E-state index is 5.39. The van der Waals surface area contributed by atoms with E-state index in [1.54, 1.807) is 21.3 Å². The molecule has 2 rings (SSSR count). The summed E-state index contributed by atoms with van der Waals surface area (Å²) in [6.45, 7) is 7.23. The largest absolute Gasteiger partial charge is 0.493 e. The van der Waals surface area contributed by atoms with Gasteiger partial charge in [0.2, 0.25) is 5.75 Å². The van der Waals surface area contributed by atoms with E-state index in [1.165, 1.54) is 0 Å². The van der Waals surface area contributed by atoms with Gasteiger partial charge in [0.25, 0.3) is 0 Å². The number of methoxy groups -OCH3 is 3. The highest BCUT2D eigenvalue weighted by atomic mass is 16.5. The van der Waals surface area contributed by atoms with Crippen molar-refractivity contribution in [3.63, 3.8) is 0 Å². The first-order valence-electron chi connectivity index (χ1n) is 8.83. The lowest BCUT2D eigenvalue weighted by Gasteiger charge is -2.16. The second-order valence-corrected chi connectivity index (χ2v) is 6.11. The quantitative estimate of drug-likeness (QED) is 0.539. The molecule has 0 amide bonds. The van der Waals surface area contributed by atoms with Gasteiger partial charge in [-0.3, -0.25) is 0 Å². The smallest absolute Gasteiger partial charge is 0.203 e. The Morgan fingerprint density at radius 2 is 1.78 bits per heavy atom. The monoisotopic (exact) mass is 376 g/mol. The number of guanidine groups is 1. The summed E-state index contributed by atoms with van der Waals surface area (Å²) >= 11 is 0. The summed E-state index contributed by atoms with van der Waals surface area (Å²) in [7, 11) is 4.73. The van der Waals surface area contributed by atoms with Gasteiger partial charge in [0, 0.05) is 30.4 Å². The Kier molecular flexibility index (Phi) is 7.34. The highest BCUT2D eigenvalue weighted by molar-refractivity contribution is 5.94. The van der Waals surface area contributed by atoms with Gasteiger partial charge in [0.05, 0.1) is 27.0 Å². The first-order valence-corrected chi connectivity index (χ1v) is 8.83. The molecule has 0 bridgehead atoms. The number of nitrogens with zero attached hydrogens (tertiary/aromatic N) is 2. The van der Waals surface area contributed by atoms with Gasteiger partial charge >= 0.3 is 0 Å². The van der Waals surface area contributed by atoms with Gasteiger partial charge in [-0.1, -0.05) is 19.0 Å². The zero-order valence-electron chi connectivity index (χ0n) is 16.8. The van der Waals surface area contributed by atoms with Gasteiger partial charge in [0.1, 0.15) is 6.54 Å². The van der Waals surface area contributed by atoms with Gasteiger partial charge in [-0.2, -0.15) is 0 Å². The van der Waals surface area contributed by atoms with Gasteiger partial charge in [-0.15, -0.1) is 0 Å². The minimum atomic E-state index is 0.317. The van der Waals surface area contributed by atoms with Crippen molar-refractivity contribution < 1.29 is 18.7 Å². The van der Waals surface area contributed by atoms with Crippen LogP contribution in [0.4, 0.5) is 5.69 Å². The van der Waals surface area contributed by atoms with Gasteiger partial charge in [-0.25, -0.2) is 4.99 Å². The second kappa shape index (κ2) is 9.70. The number of anilines is 1. The van der Waals surface area contributed by atoms with Crippen LogP contribution >= 0.6 is 0 Å². The van der Waals surface area contributed by atoms with E-state index >= 15 is 0 Å². The SMILES string of the molecule is CCNC(=NCc1cc(C(C)C)no1)Nc1cc(OC)c(OC)c(OC)c1. The van der Waals surface area contributed by atoms with Crippen LogP contribution in [-0.2, 0) is 6.54 Å². The number of benzene rings is 1. The van der Waals surface area contributed by atoms with E-state index in [2.05, 4.69) is 34.6 Å². The van der Waals surface area contributed by atoms with Crippen molar-refractivity contribution in [3.05, 3.63) is 29.7 Å². The van der Waals surface area contributed by atoms with E-state index in [9.17, 15) is 0 Å². The van der Waals surface area contributed by atoms with Crippen molar-refractivity contribution in [3.8, 4) is 17.2 Å². The highest BCUT2D eigenvalue weighted by Crippen LogP contribution is 2.39. The Morgan fingerprint density at radius 3 is 2.26 bits per heavy atom. The maximum absolute atomic E-state index is 5.39. The zero-order valence-corrected chi connectivity index (χ0v) is 16.8. The summed E-state index contributed by atoms with van der Waals surface area (Å²) in [5.74, 6) is 3.29. The van der Waals surface area contributed by atoms with Crippen molar-refractivity contribution in [1.29, 1.82) is 0 Å². The molecule has 0 saturated heterocycles. The molecular weight excluding hydrogens is 348 g/mol. The lowest BCUT2D eigenvalue weighted by Crippen LogP contribution is -2.30. The topological polar surface area (TPSA) is 90.1 Å². The molecule has 2 N–H and O–H groups in total. The number of hydrogen-bond acceptors (Lipinski definition) is 6. The molecule has 0 spiro atoms. The van der Waals surface area contributed by atoms with E-state index in [-0.39, 0.29) is 0 Å². The van der Waals surface area contributed by atoms with Crippen molar-refractivity contribution in [2.75, 3.05) is 33.2 Å². The Balaban J connectivity index is 2.21. The molecule has 0 radical (unpaired) electrons. The number of nitrogens with one attached hydrogen (secondary N) is 2. The van der Waals surface area contributed by atoms with E-state index in [0.717, 1.165) is 11.4 Å². The van der Waals surface area contributed by atoms with Crippen molar-refractivity contribution in [2.24, 2.45) is 4.99 Å². The van der Waals surface area contributed by atoms with Crippen LogP contribution in [0.5, 0.6) is 17.2 Å². The van der Waals surface area contributed by atoms with E-state index in [0.29, 0.717) is 48.0 Å². The van der Waals surface area contributed by atoms with E-state index in [1.807, 2.05) is 25.1 Å². The molecule has 0 fully saturated rings. The average molecular weight is 376 g/mol. The predicted octanol–water partition coefficient (Wildman–Crippen LogP) is 3.40. The van der Waals surface area contributed by atoms with E-state index in [4.69, 9.17) is 18.7 Å². The molecule has 1 aromatic heterocycles. The number of ether oxygens (including phenoxy) is 3. The molecule has 1 heterocycles. The second-order valence-electron chi connectivity index (χ2n) is 6.11. The standard InChI is InChI=1S/C19H28N4O4/c1-7-20-19(21-11-14-10-15(12(2)3)23-27-14)22-13-8-16(24-4)18(26-6)17(9-13)25-5/h8-10,12H,7,11H2,1-6H3,(H2,20,21,22). The normalized spacial score (nSPS) is 11.4. The molecule has 0 aliphatic heterocycles. The lowest BCUT2D eigenvalue weighted by molar-refractivity contribution is 0.324. The summed E-state index contributed by atoms with van der Waals surface area (Å²) in [5.41, 5.74) is 1.67. The fraction of sp³-hybridized carbons (Fsp3) is 0.474. The highest BCUT2D eigenvalue weighted by Gasteiger charge is 2.14. The molecule has 27 heavy (non-hydrogen) atoms. The first-order chi connectivity index (χ1) is 13.0. The fourth-order valence-corrected chi connectivity index (χ4v) is 2.43. The third-order valence-electron chi connectivity index (χ3n) is 3.83. The Bertz CT molecular complexity index is 746. The molecule has 148 valence electrons. The van der Waals surface area contributed by atoms with Crippen LogP contribution in [-0.4, -0.2) is 39.0 Å². The van der Waals surface area contributed by atoms with Crippen LogP contribution in [0.1, 0.15) is 38.1 Å². The number of aromatic nitrogens is 1. The minimum Gasteiger partial charge on any atom is -0.493 e. The molecule has 0 unspecified atom stereocenters. The van der Waals surface area contributed by atoms with Crippen LogP contribution in [0.2, 0.25) is 0 Å². The van der Waals surface area contributed by atoms with Crippen LogP contribution in [0, 0.1) is 0 Å². The molecule has 1 aromatic carbocycles. The summed E-state index contributed by atoms with van der Waals surface area (Å²) in [6, 6.07) is 5.57. The zero-order chi connectivity index (χ0) is 19.8. The number of hydrogen-bond donors (Lipinski definition) is 2. The number of aliphatic imine (C=N–C) groups is 1. The van der Waals surface area contributed by atoms with Gasteiger partial charge in [0.15, 0.2) is 23.2 Å². The van der Waals surface area contributed by atoms with Crippen LogP contribution in [0.25, 0.3) is 0 Å². The van der Waals surface area contributed by atoms with Crippen LogP contribution in [0.15, 0.2) is 27.7 Å². The molecule has 0 aliphatic carbocycles. The molecule has 0 saturated carbocycles. The predicted molar refractivity (Wildman–Crippen MR) is 105 cm³/mol. The van der Waals surface area contributed by atoms with Crippen molar-refractivity contribution in [1.82, 2.24) is 10.5 Å². The van der Waals surface area contributed by atoms with Crippen LogP contribution in [0.3, 0.4) is 0 Å². The number of rotatable bonds is 8. The Labute approximate surface area is 159 Å². The summed E-state index contributed by atoms with van der Waals surface area (Å²) in [4.78, 5) is 4.55. The van der Waals surface area contributed by atoms with Gasteiger partial charge < -0.3 is 29.4 Å². The van der Waals surface area contributed by atoms with Crippen molar-refractivity contribution in [2.45, 2.75) is 33.2 Å². The lowest BCUT2D eigenvalue weighted by atomic mass is 10.1. The molecule has 0 atom stereocenters. The average Bonchev–Trinajstić information content (AvgIpc) is 3.14.